The first-order chi connectivity index (χ1) is 11.2. The van der Waals surface area contributed by atoms with Crippen molar-refractivity contribution < 1.29 is 4.74 Å². The zero-order valence-electron chi connectivity index (χ0n) is 15.5. The summed E-state index contributed by atoms with van der Waals surface area (Å²) in [5, 5.41) is 3.12. The average Bonchev–Trinajstić information content (AvgIpc) is 2.44. The smallest absolute Gasteiger partial charge is 0.213 e. The molecule has 136 valence electrons. The molecule has 1 aromatic carbocycles. The Labute approximate surface area is 167 Å². The van der Waals surface area contributed by atoms with Crippen LogP contribution in [0.1, 0.15) is 37.5 Å². The molecule has 0 aliphatic rings. The van der Waals surface area contributed by atoms with Crippen molar-refractivity contribution >= 4 is 35.6 Å². The summed E-state index contributed by atoms with van der Waals surface area (Å²) in [6, 6.07) is 9.99. The summed E-state index contributed by atoms with van der Waals surface area (Å²) >= 11 is 0. The second kappa shape index (κ2) is 9.03. The van der Waals surface area contributed by atoms with Gasteiger partial charge in [0.25, 0.3) is 0 Å². The van der Waals surface area contributed by atoms with Crippen molar-refractivity contribution in [3.8, 4) is 5.88 Å². The molecule has 0 aliphatic heterocycles. The van der Waals surface area contributed by atoms with Gasteiger partial charge in [0.15, 0.2) is 5.96 Å². The zero-order valence-corrected chi connectivity index (χ0v) is 17.8. The Kier molecular flexibility index (Phi) is 7.66. The van der Waals surface area contributed by atoms with Gasteiger partial charge in [-0.2, -0.15) is 0 Å². The standard InChI is InChI=1S/C19H26N4O.HI/c1-13-8-14(2)10-16(9-13)23-18(20)22-12-15-6-7-17(21-11-15)24-19(3,4)5;/h6-11H,12H2,1-5H3,(H3,20,22,23);1H. The van der Waals surface area contributed by atoms with E-state index in [1.54, 1.807) is 6.20 Å². The van der Waals surface area contributed by atoms with E-state index in [9.17, 15) is 0 Å². The Hall–Kier alpha value is -1.83. The van der Waals surface area contributed by atoms with Crippen LogP contribution in [0.25, 0.3) is 0 Å². The number of nitrogens with zero attached hydrogens (tertiary/aromatic N) is 2. The van der Waals surface area contributed by atoms with E-state index in [-0.39, 0.29) is 29.6 Å². The molecule has 0 fully saturated rings. The number of anilines is 1. The van der Waals surface area contributed by atoms with Crippen LogP contribution in [0.15, 0.2) is 41.5 Å². The molecule has 0 amide bonds. The second-order valence-electron chi connectivity index (χ2n) is 6.92. The Bertz CT molecular complexity index is 701. The van der Waals surface area contributed by atoms with Crippen molar-refractivity contribution in [2.24, 2.45) is 10.7 Å². The highest BCUT2D eigenvalue weighted by molar-refractivity contribution is 14.0. The van der Waals surface area contributed by atoms with Crippen LogP contribution in [0.5, 0.6) is 5.88 Å². The molecule has 6 heteroatoms. The van der Waals surface area contributed by atoms with E-state index in [2.05, 4.69) is 35.2 Å². The molecule has 25 heavy (non-hydrogen) atoms. The summed E-state index contributed by atoms with van der Waals surface area (Å²) < 4.78 is 5.70. The highest BCUT2D eigenvalue weighted by Crippen LogP contribution is 2.16. The summed E-state index contributed by atoms with van der Waals surface area (Å²) in [5.41, 5.74) is 9.99. The Morgan fingerprint density at radius 2 is 1.80 bits per heavy atom. The fourth-order valence-electron chi connectivity index (χ4n) is 2.29. The maximum atomic E-state index is 5.96. The lowest BCUT2D eigenvalue weighted by atomic mass is 10.1. The average molecular weight is 454 g/mol. The van der Waals surface area contributed by atoms with E-state index in [1.807, 2.05) is 45.0 Å². The number of benzene rings is 1. The van der Waals surface area contributed by atoms with Crippen LogP contribution in [-0.4, -0.2) is 16.5 Å². The van der Waals surface area contributed by atoms with Crippen LogP contribution in [-0.2, 0) is 6.54 Å². The monoisotopic (exact) mass is 454 g/mol. The molecule has 1 heterocycles. The molecule has 0 aliphatic carbocycles. The number of pyridine rings is 1. The van der Waals surface area contributed by atoms with Crippen molar-refractivity contribution in [2.45, 2.75) is 46.8 Å². The highest BCUT2D eigenvalue weighted by atomic mass is 127. The van der Waals surface area contributed by atoms with Gasteiger partial charge in [-0.25, -0.2) is 9.98 Å². The van der Waals surface area contributed by atoms with E-state index in [4.69, 9.17) is 10.5 Å². The van der Waals surface area contributed by atoms with Crippen LogP contribution >= 0.6 is 24.0 Å². The lowest BCUT2D eigenvalue weighted by Gasteiger charge is -2.20. The number of hydrogen-bond donors (Lipinski definition) is 2. The van der Waals surface area contributed by atoms with Crippen LogP contribution < -0.4 is 15.8 Å². The van der Waals surface area contributed by atoms with Crippen molar-refractivity contribution in [3.63, 3.8) is 0 Å². The minimum atomic E-state index is -0.257. The number of ether oxygens (including phenoxy) is 1. The molecule has 0 saturated carbocycles. The molecule has 0 radical (unpaired) electrons. The number of nitrogens with two attached hydrogens (primary N) is 1. The van der Waals surface area contributed by atoms with E-state index in [1.165, 1.54) is 11.1 Å². The quantitative estimate of drug-likeness (QED) is 0.408. The zero-order chi connectivity index (χ0) is 17.7. The van der Waals surface area contributed by atoms with Crippen molar-refractivity contribution in [1.29, 1.82) is 0 Å². The third-order valence-corrected chi connectivity index (χ3v) is 3.13. The largest absolute Gasteiger partial charge is 0.472 e. The summed E-state index contributed by atoms with van der Waals surface area (Å²) in [6.07, 6.45) is 1.76. The van der Waals surface area contributed by atoms with E-state index in [0.717, 1.165) is 11.3 Å². The van der Waals surface area contributed by atoms with E-state index < -0.39 is 0 Å². The van der Waals surface area contributed by atoms with Gasteiger partial charge < -0.3 is 15.8 Å². The van der Waals surface area contributed by atoms with Gasteiger partial charge in [-0.15, -0.1) is 24.0 Å². The summed E-state index contributed by atoms with van der Waals surface area (Å²) in [5.74, 6) is 0.992. The fourth-order valence-corrected chi connectivity index (χ4v) is 2.29. The first-order valence-corrected chi connectivity index (χ1v) is 8.00. The van der Waals surface area contributed by atoms with Crippen LogP contribution in [0.2, 0.25) is 0 Å². The first-order valence-electron chi connectivity index (χ1n) is 8.00. The molecule has 0 atom stereocenters. The number of aryl methyl sites for hydroxylation is 2. The molecule has 2 aromatic rings. The number of rotatable bonds is 4. The maximum absolute atomic E-state index is 5.96. The maximum Gasteiger partial charge on any atom is 0.213 e. The predicted molar refractivity (Wildman–Crippen MR) is 115 cm³/mol. The fraction of sp³-hybridized carbons (Fsp3) is 0.368. The molecule has 0 unspecified atom stereocenters. The first kappa shape index (κ1) is 21.2. The topological polar surface area (TPSA) is 72.5 Å². The minimum absolute atomic E-state index is 0. The molecule has 3 N–H and O–H groups in total. The second-order valence-corrected chi connectivity index (χ2v) is 6.92. The van der Waals surface area contributed by atoms with Crippen molar-refractivity contribution in [2.75, 3.05) is 5.32 Å². The SMILES string of the molecule is Cc1cc(C)cc(NC(N)=NCc2ccc(OC(C)(C)C)nc2)c1.I. The van der Waals surface area contributed by atoms with Crippen LogP contribution in [0.3, 0.4) is 0 Å². The lowest BCUT2D eigenvalue weighted by Crippen LogP contribution is -2.23. The Morgan fingerprint density at radius 3 is 2.32 bits per heavy atom. The highest BCUT2D eigenvalue weighted by Gasteiger charge is 2.12. The van der Waals surface area contributed by atoms with Crippen molar-refractivity contribution in [1.82, 2.24) is 4.98 Å². The van der Waals surface area contributed by atoms with Gasteiger partial charge in [-0.3, -0.25) is 0 Å². The van der Waals surface area contributed by atoms with Gasteiger partial charge >= 0.3 is 0 Å². The van der Waals surface area contributed by atoms with Gasteiger partial charge in [-0.1, -0.05) is 12.1 Å². The lowest BCUT2D eigenvalue weighted by molar-refractivity contribution is 0.124. The number of aromatic nitrogens is 1. The van der Waals surface area contributed by atoms with Gasteiger partial charge in [0.1, 0.15) is 5.60 Å². The molecule has 0 saturated heterocycles. The molecular formula is C19H27IN4O. The number of halogens is 1. The number of nitrogens with one attached hydrogen (secondary N) is 1. The molecule has 0 bridgehead atoms. The van der Waals surface area contributed by atoms with Crippen molar-refractivity contribution in [3.05, 3.63) is 53.2 Å². The summed E-state index contributed by atoms with van der Waals surface area (Å²) in [7, 11) is 0. The van der Waals surface area contributed by atoms with Gasteiger partial charge in [-0.05, 0) is 63.4 Å². The number of hydrogen-bond acceptors (Lipinski definition) is 3. The molecule has 2 rings (SSSR count). The Morgan fingerprint density at radius 1 is 1.16 bits per heavy atom. The van der Waals surface area contributed by atoms with Gasteiger partial charge in [0.2, 0.25) is 5.88 Å². The molecule has 1 aromatic heterocycles. The Balaban J connectivity index is 0.00000312. The van der Waals surface area contributed by atoms with Crippen LogP contribution in [0.4, 0.5) is 5.69 Å². The molecule has 0 spiro atoms. The predicted octanol–water partition coefficient (Wildman–Crippen LogP) is 4.42. The van der Waals surface area contributed by atoms with Gasteiger partial charge in [0.05, 0.1) is 6.54 Å². The van der Waals surface area contributed by atoms with Crippen LogP contribution in [0, 0.1) is 13.8 Å². The molecular weight excluding hydrogens is 427 g/mol. The third-order valence-electron chi connectivity index (χ3n) is 3.13. The van der Waals surface area contributed by atoms with Gasteiger partial charge in [0, 0.05) is 18.0 Å². The minimum Gasteiger partial charge on any atom is -0.472 e. The number of guanidine groups is 1. The van der Waals surface area contributed by atoms with E-state index >= 15 is 0 Å². The third kappa shape index (κ3) is 7.72. The summed E-state index contributed by atoms with van der Waals surface area (Å²) in [4.78, 5) is 8.65. The normalized spacial score (nSPS) is 11.6. The summed E-state index contributed by atoms with van der Waals surface area (Å²) in [6.45, 7) is 10.5. The van der Waals surface area contributed by atoms with E-state index in [0.29, 0.717) is 18.4 Å². The number of aliphatic imine (C=N–C) groups is 1. The molecule has 5 nitrogen and oxygen atoms in total.